The number of benzene rings is 1. The number of nitrogens with one attached hydrogen (secondary N) is 1. The second kappa shape index (κ2) is 4.91. The number of amides is 1. The van der Waals surface area contributed by atoms with Crippen LogP contribution in [0.5, 0.6) is 0 Å². The van der Waals surface area contributed by atoms with Gasteiger partial charge in [0.05, 0.1) is 5.56 Å². The van der Waals surface area contributed by atoms with Gasteiger partial charge in [0.1, 0.15) is 5.82 Å². The highest BCUT2D eigenvalue weighted by Gasteiger charge is 2.11. The summed E-state index contributed by atoms with van der Waals surface area (Å²) in [6, 6.07) is 4.53. The first-order valence-corrected chi connectivity index (χ1v) is 5.05. The van der Waals surface area contributed by atoms with Crippen LogP contribution in [-0.2, 0) is 0 Å². The van der Waals surface area contributed by atoms with Crippen LogP contribution in [0.1, 0.15) is 29.8 Å². The fourth-order valence-corrected chi connectivity index (χ4v) is 1.21. The predicted octanol–water partition coefficient (Wildman–Crippen LogP) is 2.52. The molecule has 0 saturated heterocycles. The van der Waals surface area contributed by atoms with E-state index < -0.39 is 5.82 Å². The van der Waals surface area contributed by atoms with E-state index in [4.69, 9.17) is 0 Å². The molecule has 1 aromatic rings. The molecule has 0 aromatic heterocycles. The van der Waals surface area contributed by atoms with Crippen molar-refractivity contribution in [1.29, 1.82) is 0 Å². The molecular formula is C12H16FNO. The van der Waals surface area contributed by atoms with E-state index in [2.05, 4.69) is 5.32 Å². The van der Waals surface area contributed by atoms with Crippen molar-refractivity contribution in [2.75, 3.05) is 6.54 Å². The van der Waals surface area contributed by atoms with Crippen LogP contribution in [0.25, 0.3) is 0 Å². The van der Waals surface area contributed by atoms with Crippen LogP contribution in [-0.4, -0.2) is 12.5 Å². The van der Waals surface area contributed by atoms with Crippen molar-refractivity contribution in [3.8, 4) is 0 Å². The molecular weight excluding hydrogens is 193 g/mol. The Morgan fingerprint density at radius 1 is 1.47 bits per heavy atom. The molecule has 1 rings (SSSR count). The molecule has 0 atom stereocenters. The normalized spacial score (nSPS) is 10.5. The summed E-state index contributed by atoms with van der Waals surface area (Å²) in [6.07, 6.45) is 0. The minimum atomic E-state index is -0.471. The van der Waals surface area contributed by atoms with E-state index in [0.717, 1.165) is 5.56 Å². The summed E-state index contributed by atoms with van der Waals surface area (Å²) in [7, 11) is 0. The minimum Gasteiger partial charge on any atom is -0.352 e. The first-order valence-electron chi connectivity index (χ1n) is 5.05. The Morgan fingerprint density at radius 2 is 2.13 bits per heavy atom. The maximum Gasteiger partial charge on any atom is 0.254 e. The lowest BCUT2D eigenvalue weighted by Crippen LogP contribution is -2.28. The molecule has 1 amide bonds. The Kier molecular flexibility index (Phi) is 3.83. The fourth-order valence-electron chi connectivity index (χ4n) is 1.21. The molecule has 0 fully saturated rings. The van der Waals surface area contributed by atoms with E-state index in [1.807, 2.05) is 20.8 Å². The number of hydrogen-bond donors (Lipinski definition) is 1. The van der Waals surface area contributed by atoms with Crippen molar-refractivity contribution >= 4 is 5.91 Å². The van der Waals surface area contributed by atoms with Crippen molar-refractivity contribution in [2.45, 2.75) is 20.8 Å². The third-order valence-corrected chi connectivity index (χ3v) is 2.04. The number of aryl methyl sites for hydroxylation is 1. The van der Waals surface area contributed by atoms with E-state index in [9.17, 15) is 9.18 Å². The van der Waals surface area contributed by atoms with Crippen LogP contribution in [0.2, 0.25) is 0 Å². The highest BCUT2D eigenvalue weighted by atomic mass is 19.1. The number of carbonyl (C=O) groups is 1. The Morgan fingerprint density at radius 3 is 2.73 bits per heavy atom. The monoisotopic (exact) mass is 209 g/mol. The molecule has 0 radical (unpaired) electrons. The van der Waals surface area contributed by atoms with Crippen molar-refractivity contribution in [3.05, 3.63) is 35.1 Å². The van der Waals surface area contributed by atoms with Crippen molar-refractivity contribution < 1.29 is 9.18 Å². The fraction of sp³-hybridized carbons (Fsp3) is 0.417. The molecule has 0 unspecified atom stereocenters. The maximum absolute atomic E-state index is 13.3. The van der Waals surface area contributed by atoms with Gasteiger partial charge < -0.3 is 5.32 Å². The van der Waals surface area contributed by atoms with Crippen molar-refractivity contribution in [2.24, 2.45) is 5.92 Å². The number of hydrogen-bond acceptors (Lipinski definition) is 1. The smallest absolute Gasteiger partial charge is 0.254 e. The van der Waals surface area contributed by atoms with Gasteiger partial charge in [0.25, 0.3) is 5.91 Å². The highest BCUT2D eigenvalue weighted by molar-refractivity contribution is 5.94. The quantitative estimate of drug-likeness (QED) is 0.814. The average molecular weight is 209 g/mol. The zero-order chi connectivity index (χ0) is 11.4. The summed E-state index contributed by atoms with van der Waals surface area (Å²) in [6.45, 7) is 6.38. The average Bonchev–Trinajstić information content (AvgIpc) is 2.18. The van der Waals surface area contributed by atoms with Gasteiger partial charge in [-0.2, -0.15) is 0 Å². The third-order valence-electron chi connectivity index (χ3n) is 2.04. The van der Waals surface area contributed by atoms with Gasteiger partial charge in [-0.15, -0.1) is 0 Å². The van der Waals surface area contributed by atoms with Gasteiger partial charge in [-0.05, 0) is 25.0 Å². The van der Waals surface area contributed by atoms with E-state index in [0.29, 0.717) is 12.5 Å². The summed E-state index contributed by atoms with van der Waals surface area (Å²) in [4.78, 5) is 11.6. The largest absolute Gasteiger partial charge is 0.352 e. The molecule has 1 N–H and O–H groups in total. The Bertz CT molecular complexity index is 361. The number of rotatable bonds is 3. The summed E-state index contributed by atoms with van der Waals surface area (Å²) >= 11 is 0. The van der Waals surface area contributed by atoms with Crippen LogP contribution in [0.3, 0.4) is 0 Å². The zero-order valence-electron chi connectivity index (χ0n) is 9.30. The second-order valence-electron chi connectivity index (χ2n) is 4.09. The van der Waals surface area contributed by atoms with Gasteiger partial charge in [0.2, 0.25) is 0 Å². The van der Waals surface area contributed by atoms with Gasteiger partial charge in [-0.1, -0.05) is 25.5 Å². The molecule has 0 aliphatic heterocycles. The topological polar surface area (TPSA) is 29.1 Å². The molecule has 0 bridgehead atoms. The molecule has 0 heterocycles. The Labute approximate surface area is 89.5 Å². The van der Waals surface area contributed by atoms with E-state index in [1.165, 1.54) is 6.07 Å². The molecule has 2 nitrogen and oxygen atoms in total. The van der Waals surface area contributed by atoms with Gasteiger partial charge in [0, 0.05) is 6.54 Å². The first kappa shape index (κ1) is 11.7. The summed E-state index contributed by atoms with van der Waals surface area (Å²) in [5, 5.41) is 2.69. The molecule has 82 valence electrons. The van der Waals surface area contributed by atoms with Gasteiger partial charge in [-0.25, -0.2) is 4.39 Å². The Balaban J connectivity index is 2.77. The third kappa shape index (κ3) is 3.35. The molecule has 0 saturated carbocycles. The Hall–Kier alpha value is -1.38. The predicted molar refractivity (Wildman–Crippen MR) is 58.3 cm³/mol. The second-order valence-corrected chi connectivity index (χ2v) is 4.09. The van der Waals surface area contributed by atoms with Crippen LogP contribution >= 0.6 is 0 Å². The van der Waals surface area contributed by atoms with Crippen LogP contribution in [0.4, 0.5) is 4.39 Å². The molecule has 0 aliphatic rings. The lowest BCUT2D eigenvalue weighted by molar-refractivity contribution is 0.0945. The lowest BCUT2D eigenvalue weighted by Gasteiger charge is -2.08. The molecule has 3 heteroatoms. The molecule has 1 aromatic carbocycles. The maximum atomic E-state index is 13.3. The zero-order valence-corrected chi connectivity index (χ0v) is 9.30. The van der Waals surface area contributed by atoms with Gasteiger partial charge >= 0.3 is 0 Å². The standard InChI is InChI=1S/C12H16FNO/c1-8(2)7-14-12(15)10-6-9(3)4-5-11(10)13/h4-6,8H,7H2,1-3H3,(H,14,15). The summed E-state index contributed by atoms with van der Waals surface area (Å²) < 4.78 is 13.3. The van der Waals surface area contributed by atoms with E-state index in [1.54, 1.807) is 12.1 Å². The number of halogens is 1. The van der Waals surface area contributed by atoms with E-state index in [-0.39, 0.29) is 11.5 Å². The number of carbonyl (C=O) groups excluding carboxylic acids is 1. The molecule has 0 aliphatic carbocycles. The van der Waals surface area contributed by atoms with Gasteiger partial charge in [-0.3, -0.25) is 4.79 Å². The van der Waals surface area contributed by atoms with Crippen molar-refractivity contribution in [1.82, 2.24) is 5.32 Å². The van der Waals surface area contributed by atoms with Crippen LogP contribution in [0, 0.1) is 18.7 Å². The summed E-state index contributed by atoms with van der Waals surface area (Å²) in [5.74, 6) is -0.450. The van der Waals surface area contributed by atoms with Crippen LogP contribution in [0.15, 0.2) is 18.2 Å². The molecule has 0 spiro atoms. The first-order chi connectivity index (χ1) is 7.00. The summed E-state index contributed by atoms with van der Waals surface area (Å²) in [5.41, 5.74) is 1.00. The lowest BCUT2D eigenvalue weighted by atomic mass is 10.1. The van der Waals surface area contributed by atoms with E-state index >= 15 is 0 Å². The minimum absolute atomic E-state index is 0.121. The van der Waals surface area contributed by atoms with Crippen LogP contribution < -0.4 is 5.32 Å². The molecule has 15 heavy (non-hydrogen) atoms. The van der Waals surface area contributed by atoms with Gasteiger partial charge in [0.15, 0.2) is 0 Å². The van der Waals surface area contributed by atoms with Crippen molar-refractivity contribution in [3.63, 3.8) is 0 Å². The SMILES string of the molecule is Cc1ccc(F)c(C(=O)NCC(C)C)c1. The highest BCUT2D eigenvalue weighted by Crippen LogP contribution is 2.09.